The van der Waals surface area contributed by atoms with Gasteiger partial charge in [-0.3, -0.25) is 15.0 Å². The molecule has 1 unspecified atom stereocenters. The summed E-state index contributed by atoms with van der Waals surface area (Å²) in [5, 5.41) is 1.94. The predicted molar refractivity (Wildman–Crippen MR) is 186 cm³/mol. The second kappa shape index (κ2) is 15.4. The average molecular weight is 666 g/mol. The lowest BCUT2D eigenvalue weighted by Gasteiger charge is -2.28. The summed E-state index contributed by atoms with van der Waals surface area (Å²) >= 11 is 0. The number of hydrogen-bond acceptors (Lipinski definition) is 8. The standard InChI is InChI=1S/C37H51N3O6S/c1-10-11-24-37(8,9)28-22-20-27(21-23-28)25-38-33(47(43,44)29-16-13-12-14-17-29)30-18-15-19-31(39-30)40(34(42)46-36(5,6)7)26-32(41)45-35(2,3)4/h12-23,33,38H,10-11,24-26H2,1-9H3. The Kier molecular flexibility index (Phi) is 12.4. The Balaban J connectivity index is 2.01. The maximum absolute atomic E-state index is 14.1. The zero-order valence-corrected chi connectivity index (χ0v) is 30.1. The van der Waals surface area contributed by atoms with Crippen LogP contribution in [0.1, 0.15) is 104 Å². The second-order valence-electron chi connectivity index (χ2n) is 14.4. The lowest BCUT2D eigenvalue weighted by molar-refractivity contribution is -0.153. The van der Waals surface area contributed by atoms with E-state index >= 15 is 0 Å². The van der Waals surface area contributed by atoms with E-state index in [-0.39, 0.29) is 28.4 Å². The van der Waals surface area contributed by atoms with Crippen LogP contribution in [0.25, 0.3) is 0 Å². The van der Waals surface area contributed by atoms with Crippen molar-refractivity contribution in [1.82, 2.24) is 10.3 Å². The van der Waals surface area contributed by atoms with Crippen molar-refractivity contribution in [3.63, 3.8) is 0 Å². The van der Waals surface area contributed by atoms with Crippen LogP contribution >= 0.6 is 0 Å². The Labute approximate surface area is 281 Å². The number of anilines is 1. The molecule has 3 rings (SSSR count). The van der Waals surface area contributed by atoms with Crippen LogP contribution < -0.4 is 10.2 Å². The molecule has 256 valence electrons. The first kappa shape index (κ1) is 37.7. The van der Waals surface area contributed by atoms with Gasteiger partial charge < -0.3 is 9.47 Å². The molecular weight excluding hydrogens is 614 g/mol. The Morgan fingerprint density at radius 1 is 0.830 bits per heavy atom. The number of sulfone groups is 1. The monoisotopic (exact) mass is 665 g/mol. The fraction of sp³-hybridized carbons (Fsp3) is 0.486. The number of rotatable bonds is 13. The van der Waals surface area contributed by atoms with Gasteiger partial charge in [0.2, 0.25) is 0 Å². The molecular formula is C37H51N3O6S. The molecule has 0 aliphatic heterocycles. The number of nitrogens with zero attached hydrogens (tertiary/aromatic N) is 2. The van der Waals surface area contributed by atoms with Crippen LogP contribution in [0.15, 0.2) is 77.7 Å². The van der Waals surface area contributed by atoms with Crippen LogP contribution in [0.3, 0.4) is 0 Å². The van der Waals surface area contributed by atoms with Gasteiger partial charge in [0.15, 0.2) is 15.2 Å². The van der Waals surface area contributed by atoms with Crippen molar-refractivity contribution in [3.05, 3.63) is 89.6 Å². The van der Waals surface area contributed by atoms with Gasteiger partial charge in [0.05, 0.1) is 10.6 Å². The molecule has 1 atom stereocenters. The quantitative estimate of drug-likeness (QED) is 0.183. The number of amides is 1. The topological polar surface area (TPSA) is 115 Å². The highest BCUT2D eigenvalue weighted by Gasteiger charge is 2.33. The van der Waals surface area contributed by atoms with Gasteiger partial charge in [0, 0.05) is 6.54 Å². The maximum atomic E-state index is 14.1. The largest absolute Gasteiger partial charge is 0.459 e. The van der Waals surface area contributed by atoms with Gasteiger partial charge in [0.25, 0.3) is 0 Å². The number of pyridine rings is 1. The number of hydrogen-bond donors (Lipinski definition) is 1. The van der Waals surface area contributed by atoms with E-state index in [9.17, 15) is 18.0 Å². The van der Waals surface area contributed by atoms with E-state index in [4.69, 9.17) is 9.47 Å². The van der Waals surface area contributed by atoms with Crippen LogP contribution in [-0.2, 0) is 36.1 Å². The predicted octanol–water partition coefficient (Wildman–Crippen LogP) is 7.89. The third-order valence-corrected chi connectivity index (χ3v) is 9.34. The molecule has 0 saturated heterocycles. The Morgan fingerprint density at radius 2 is 1.45 bits per heavy atom. The summed E-state index contributed by atoms with van der Waals surface area (Å²) in [5.41, 5.74) is 0.678. The molecule has 47 heavy (non-hydrogen) atoms. The molecule has 1 N–H and O–H groups in total. The van der Waals surface area contributed by atoms with Gasteiger partial charge in [-0.15, -0.1) is 0 Å². The number of carbonyl (C=O) groups excluding carboxylic acids is 2. The van der Waals surface area contributed by atoms with Gasteiger partial charge in [-0.25, -0.2) is 18.2 Å². The van der Waals surface area contributed by atoms with Crippen LogP contribution in [0, 0.1) is 0 Å². The Bertz CT molecular complexity index is 1590. The number of esters is 1. The van der Waals surface area contributed by atoms with E-state index in [2.05, 4.69) is 43.2 Å². The normalized spacial score (nSPS) is 13.1. The number of nitrogens with one attached hydrogen (secondary N) is 1. The molecule has 1 heterocycles. The number of aromatic nitrogens is 1. The zero-order valence-electron chi connectivity index (χ0n) is 29.3. The lowest BCUT2D eigenvalue weighted by atomic mass is 9.80. The Hall–Kier alpha value is -3.76. The third-order valence-electron chi connectivity index (χ3n) is 7.39. The fourth-order valence-corrected chi connectivity index (χ4v) is 6.52. The molecule has 0 radical (unpaired) electrons. The molecule has 1 aromatic heterocycles. The van der Waals surface area contributed by atoms with Crippen molar-refractivity contribution in [1.29, 1.82) is 0 Å². The molecule has 1 amide bonds. The van der Waals surface area contributed by atoms with Crippen LogP contribution in [0.2, 0.25) is 0 Å². The van der Waals surface area contributed by atoms with E-state index in [1.54, 1.807) is 71.9 Å². The first-order valence-corrected chi connectivity index (χ1v) is 17.7. The van der Waals surface area contributed by atoms with E-state index in [0.29, 0.717) is 0 Å². The minimum atomic E-state index is -4.00. The minimum Gasteiger partial charge on any atom is -0.459 e. The molecule has 0 spiro atoms. The van der Waals surface area contributed by atoms with E-state index in [1.807, 2.05) is 12.1 Å². The zero-order chi connectivity index (χ0) is 35.0. The smallest absolute Gasteiger partial charge is 0.416 e. The molecule has 0 aliphatic carbocycles. The summed E-state index contributed by atoms with van der Waals surface area (Å²) in [4.78, 5) is 32.0. The van der Waals surface area contributed by atoms with Gasteiger partial charge in [0.1, 0.15) is 23.6 Å². The molecule has 0 aliphatic rings. The van der Waals surface area contributed by atoms with Crippen molar-refractivity contribution in [2.45, 2.75) is 115 Å². The van der Waals surface area contributed by atoms with Crippen LogP contribution in [0.4, 0.5) is 10.6 Å². The summed E-state index contributed by atoms with van der Waals surface area (Å²) in [5.74, 6) is -0.611. The molecule has 2 aromatic carbocycles. The van der Waals surface area contributed by atoms with Gasteiger partial charge in [-0.1, -0.05) is 82.1 Å². The summed E-state index contributed by atoms with van der Waals surface area (Å²) in [7, 11) is -4.00. The number of unbranched alkanes of at least 4 members (excludes halogenated alkanes) is 1. The Morgan fingerprint density at radius 3 is 2.02 bits per heavy atom. The van der Waals surface area contributed by atoms with Crippen molar-refractivity contribution in [3.8, 4) is 0 Å². The number of carbonyl (C=O) groups is 2. The van der Waals surface area contributed by atoms with E-state index in [0.717, 1.165) is 29.7 Å². The number of ether oxygens (including phenoxy) is 2. The first-order valence-electron chi connectivity index (χ1n) is 16.1. The molecule has 3 aromatic rings. The van der Waals surface area contributed by atoms with E-state index < -0.39 is 45.0 Å². The van der Waals surface area contributed by atoms with Gasteiger partial charge >= 0.3 is 12.1 Å². The third kappa shape index (κ3) is 11.2. The highest BCUT2D eigenvalue weighted by molar-refractivity contribution is 7.91. The van der Waals surface area contributed by atoms with Crippen molar-refractivity contribution in [2.24, 2.45) is 0 Å². The summed E-state index contributed by atoms with van der Waals surface area (Å²) < 4.78 is 39.2. The molecule has 0 fully saturated rings. The SMILES string of the molecule is CCCCC(C)(C)c1ccc(CNC(c2cccc(N(CC(=O)OC(C)(C)C)C(=O)OC(C)(C)C)n2)S(=O)(=O)c2ccccc2)cc1. The molecule has 0 bridgehead atoms. The van der Waals surface area contributed by atoms with Gasteiger partial charge in [-0.2, -0.15) is 0 Å². The van der Waals surface area contributed by atoms with Crippen LogP contribution in [-0.4, -0.2) is 43.2 Å². The van der Waals surface area contributed by atoms with Gasteiger partial charge in [-0.05, 0) is 88.8 Å². The maximum Gasteiger partial charge on any atom is 0.416 e. The highest BCUT2D eigenvalue weighted by Crippen LogP contribution is 2.31. The molecule has 9 nitrogen and oxygen atoms in total. The summed E-state index contributed by atoms with van der Waals surface area (Å²) in [6.07, 6.45) is 2.54. The second-order valence-corrected chi connectivity index (χ2v) is 16.4. The minimum absolute atomic E-state index is 0.0326. The fourth-order valence-electron chi connectivity index (χ4n) is 4.96. The highest BCUT2D eigenvalue weighted by atomic mass is 32.2. The average Bonchev–Trinajstić information content (AvgIpc) is 2.98. The first-order chi connectivity index (χ1) is 21.8. The number of benzene rings is 2. The van der Waals surface area contributed by atoms with Crippen LogP contribution in [0.5, 0.6) is 0 Å². The summed E-state index contributed by atoms with van der Waals surface area (Å²) in [6, 6.07) is 21.1. The van der Waals surface area contributed by atoms with Crippen molar-refractivity contribution < 1.29 is 27.5 Å². The lowest BCUT2D eigenvalue weighted by Crippen LogP contribution is -2.42. The van der Waals surface area contributed by atoms with E-state index in [1.165, 1.54) is 23.8 Å². The summed E-state index contributed by atoms with van der Waals surface area (Å²) in [6.45, 7) is 16.8. The molecule has 0 saturated carbocycles. The van der Waals surface area contributed by atoms with Crippen molar-refractivity contribution >= 4 is 27.7 Å². The van der Waals surface area contributed by atoms with Crippen molar-refractivity contribution in [2.75, 3.05) is 11.4 Å². The molecule has 10 heteroatoms.